The van der Waals surface area contributed by atoms with Crippen molar-refractivity contribution >= 4 is 5.96 Å². The van der Waals surface area contributed by atoms with Crippen molar-refractivity contribution in [1.82, 2.24) is 5.32 Å². The maximum atomic E-state index is 9.66. The van der Waals surface area contributed by atoms with Gasteiger partial charge < -0.3 is 20.9 Å². The average molecular weight is 307 g/mol. The van der Waals surface area contributed by atoms with E-state index in [9.17, 15) is 5.11 Å². The number of aliphatic hydroxyl groups is 1. The summed E-state index contributed by atoms with van der Waals surface area (Å²) in [7, 11) is 0. The van der Waals surface area contributed by atoms with Crippen LogP contribution < -0.4 is 11.1 Å². The zero-order chi connectivity index (χ0) is 16.2. The molecule has 0 aliphatic rings. The highest BCUT2D eigenvalue weighted by Crippen LogP contribution is 2.21. The Bertz CT molecular complexity index is 421. The van der Waals surface area contributed by atoms with E-state index in [4.69, 9.17) is 10.5 Å². The molecule has 0 aliphatic carbocycles. The fraction of sp³-hybridized carbons (Fsp3) is 0.588. The van der Waals surface area contributed by atoms with Gasteiger partial charge in [-0.1, -0.05) is 30.3 Å². The molecule has 1 rings (SSSR count). The molecule has 0 radical (unpaired) electrons. The number of rotatable bonds is 10. The summed E-state index contributed by atoms with van der Waals surface area (Å²) in [5.41, 5.74) is 7.06. The Labute approximate surface area is 133 Å². The molecule has 4 N–H and O–H groups in total. The van der Waals surface area contributed by atoms with Crippen LogP contribution in [0.1, 0.15) is 38.2 Å². The highest BCUT2D eigenvalue weighted by molar-refractivity contribution is 5.77. The number of nitrogens with two attached hydrogens (primary N) is 1. The molecule has 2 atom stereocenters. The summed E-state index contributed by atoms with van der Waals surface area (Å²) in [6.07, 6.45) is 1.21. The second-order valence-electron chi connectivity index (χ2n) is 5.40. The highest BCUT2D eigenvalue weighted by atomic mass is 16.5. The van der Waals surface area contributed by atoms with Gasteiger partial charge in [-0.15, -0.1) is 0 Å². The van der Waals surface area contributed by atoms with Gasteiger partial charge in [0.05, 0.1) is 6.10 Å². The minimum Gasteiger partial charge on any atom is -0.393 e. The van der Waals surface area contributed by atoms with Gasteiger partial charge in [0.25, 0.3) is 0 Å². The number of ether oxygens (including phenoxy) is 1. The first kappa shape index (κ1) is 18.5. The molecule has 5 heteroatoms. The van der Waals surface area contributed by atoms with Crippen molar-refractivity contribution in [2.24, 2.45) is 10.7 Å². The van der Waals surface area contributed by atoms with Gasteiger partial charge in [0.2, 0.25) is 0 Å². The van der Waals surface area contributed by atoms with Crippen LogP contribution >= 0.6 is 0 Å². The van der Waals surface area contributed by atoms with E-state index in [0.717, 1.165) is 26.2 Å². The van der Waals surface area contributed by atoms with E-state index in [1.165, 1.54) is 5.56 Å². The van der Waals surface area contributed by atoms with E-state index < -0.39 is 0 Å². The van der Waals surface area contributed by atoms with Crippen LogP contribution in [0.5, 0.6) is 0 Å². The topological polar surface area (TPSA) is 79.9 Å². The van der Waals surface area contributed by atoms with Crippen LogP contribution in [-0.2, 0) is 4.74 Å². The van der Waals surface area contributed by atoms with Gasteiger partial charge in [-0.2, -0.15) is 0 Å². The molecule has 0 aliphatic heterocycles. The summed E-state index contributed by atoms with van der Waals surface area (Å²) >= 11 is 0. The molecule has 1 aromatic carbocycles. The van der Waals surface area contributed by atoms with Crippen molar-refractivity contribution in [3.8, 4) is 0 Å². The smallest absolute Gasteiger partial charge is 0.188 e. The Kier molecular flexibility index (Phi) is 9.26. The first-order valence-corrected chi connectivity index (χ1v) is 7.98. The normalized spacial score (nSPS) is 14.6. The second-order valence-corrected chi connectivity index (χ2v) is 5.40. The van der Waals surface area contributed by atoms with E-state index in [1.54, 1.807) is 6.92 Å². The molecule has 1 aromatic rings. The van der Waals surface area contributed by atoms with Gasteiger partial charge in [0.15, 0.2) is 5.96 Å². The third kappa shape index (κ3) is 8.00. The molecule has 0 heterocycles. The molecule has 5 nitrogen and oxygen atoms in total. The fourth-order valence-electron chi connectivity index (χ4n) is 2.25. The van der Waals surface area contributed by atoms with Gasteiger partial charge in [-0.05, 0) is 32.3 Å². The van der Waals surface area contributed by atoms with Gasteiger partial charge >= 0.3 is 0 Å². The van der Waals surface area contributed by atoms with E-state index in [1.807, 2.05) is 25.1 Å². The summed E-state index contributed by atoms with van der Waals surface area (Å²) in [5, 5.41) is 12.8. The predicted octanol–water partition coefficient (Wildman–Crippen LogP) is 1.87. The lowest BCUT2D eigenvalue weighted by Crippen LogP contribution is -2.33. The number of nitrogens with zero attached hydrogens (tertiary/aromatic N) is 1. The molecule has 0 spiro atoms. The van der Waals surface area contributed by atoms with Crippen LogP contribution in [0, 0.1) is 0 Å². The van der Waals surface area contributed by atoms with Crippen molar-refractivity contribution in [2.45, 2.75) is 38.7 Å². The number of aliphatic imine (C=N–C) groups is 1. The number of hydrogen-bond donors (Lipinski definition) is 3. The lowest BCUT2D eigenvalue weighted by atomic mass is 9.93. The Hall–Kier alpha value is -1.59. The lowest BCUT2D eigenvalue weighted by molar-refractivity contribution is 0.145. The Balaban J connectivity index is 2.46. The van der Waals surface area contributed by atoms with Gasteiger partial charge in [0, 0.05) is 32.2 Å². The van der Waals surface area contributed by atoms with E-state index >= 15 is 0 Å². The molecule has 0 fully saturated rings. The van der Waals surface area contributed by atoms with Crippen LogP contribution in [0.25, 0.3) is 0 Å². The van der Waals surface area contributed by atoms with Gasteiger partial charge in [0.1, 0.15) is 0 Å². The molecule has 124 valence electrons. The molecule has 22 heavy (non-hydrogen) atoms. The zero-order valence-corrected chi connectivity index (χ0v) is 13.7. The molecule has 0 bridgehead atoms. The Morgan fingerprint density at radius 1 is 1.36 bits per heavy atom. The molecule has 0 aromatic heterocycles. The molecule has 0 saturated heterocycles. The second kappa shape index (κ2) is 11.0. The van der Waals surface area contributed by atoms with E-state index in [0.29, 0.717) is 18.9 Å². The Morgan fingerprint density at radius 3 is 2.73 bits per heavy atom. The van der Waals surface area contributed by atoms with Crippen LogP contribution in [0.15, 0.2) is 35.3 Å². The fourth-order valence-corrected chi connectivity index (χ4v) is 2.25. The molecule has 0 amide bonds. The standard InChI is InChI=1S/C17H29N3O2/c1-3-22-11-7-10-19-17(18)20-13-16(12-14(2)21)15-8-5-4-6-9-15/h4-6,8-9,14,16,21H,3,7,10-13H2,1-2H3,(H3,18,19,20). The van der Waals surface area contributed by atoms with Crippen LogP contribution in [0.2, 0.25) is 0 Å². The van der Waals surface area contributed by atoms with Crippen molar-refractivity contribution in [3.63, 3.8) is 0 Å². The van der Waals surface area contributed by atoms with Crippen molar-refractivity contribution in [3.05, 3.63) is 35.9 Å². The maximum absolute atomic E-state index is 9.66. The Morgan fingerprint density at radius 2 is 2.09 bits per heavy atom. The predicted molar refractivity (Wildman–Crippen MR) is 91.1 cm³/mol. The summed E-state index contributed by atoms with van der Waals surface area (Å²) in [4.78, 5) is 4.40. The quantitative estimate of drug-likeness (QED) is 0.350. The minimum atomic E-state index is -0.360. The zero-order valence-electron chi connectivity index (χ0n) is 13.7. The first-order chi connectivity index (χ1) is 10.6. The number of guanidine groups is 1. The number of benzene rings is 1. The molecule has 0 saturated carbocycles. The van der Waals surface area contributed by atoms with Crippen molar-refractivity contribution in [1.29, 1.82) is 0 Å². The lowest BCUT2D eigenvalue weighted by Gasteiger charge is -2.17. The first-order valence-electron chi connectivity index (χ1n) is 7.98. The third-order valence-corrected chi connectivity index (χ3v) is 3.35. The average Bonchev–Trinajstić information content (AvgIpc) is 2.51. The van der Waals surface area contributed by atoms with Gasteiger partial charge in [-0.25, -0.2) is 0 Å². The van der Waals surface area contributed by atoms with Gasteiger partial charge in [-0.3, -0.25) is 4.99 Å². The number of aliphatic hydroxyl groups excluding tert-OH is 1. The number of nitrogens with one attached hydrogen (secondary N) is 1. The summed E-state index contributed by atoms with van der Waals surface area (Å²) < 4.78 is 5.27. The maximum Gasteiger partial charge on any atom is 0.188 e. The van der Waals surface area contributed by atoms with E-state index in [2.05, 4.69) is 22.4 Å². The third-order valence-electron chi connectivity index (χ3n) is 3.35. The molecule has 2 unspecified atom stereocenters. The SMILES string of the molecule is CCOCCCNC(N)=NCC(CC(C)O)c1ccccc1. The van der Waals surface area contributed by atoms with Crippen LogP contribution in [0.4, 0.5) is 0 Å². The summed E-state index contributed by atoms with van der Waals surface area (Å²) in [6.45, 7) is 6.57. The molecular weight excluding hydrogens is 278 g/mol. The number of hydrogen-bond acceptors (Lipinski definition) is 3. The molecular formula is C17H29N3O2. The van der Waals surface area contributed by atoms with Crippen LogP contribution in [0.3, 0.4) is 0 Å². The van der Waals surface area contributed by atoms with Crippen molar-refractivity contribution in [2.75, 3.05) is 26.3 Å². The van der Waals surface area contributed by atoms with Crippen LogP contribution in [-0.4, -0.2) is 43.5 Å². The summed E-state index contributed by atoms with van der Waals surface area (Å²) in [6, 6.07) is 10.1. The highest BCUT2D eigenvalue weighted by Gasteiger charge is 2.13. The largest absolute Gasteiger partial charge is 0.393 e. The summed E-state index contributed by atoms with van der Waals surface area (Å²) in [5.74, 6) is 0.619. The monoisotopic (exact) mass is 307 g/mol. The minimum absolute atomic E-state index is 0.171. The van der Waals surface area contributed by atoms with E-state index in [-0.39, 0.29) is 12.0 Å². The van der Waals surface area contributed by atoms with Crippen molar-refractivity contribution < 1.29 is 9.84 Å².